The van der Waals surface area contributed by atoms with Gasteiger partial charge in [-0.3, -0.25) is 24.5 Å². The molecule has 3 aliphatic rings. The minimum atomic E-state index is -0.750. The number of nitrogens with zero attached hydrogens (tertiary/aromatic N) is 4. The lowest BCUT2D eigenvalue weighted by molar-refractivity contribution is -0.137. The molecular weight excluding hydrogens is 465 g/mol. The molecule has 5 rings (SSSR count). The van der Waals surface area contributed by atoms with Crippen LogP contribution in [-0.2, 0) is 27.3 Å². The Balaban J connectivity index is 1.23. The number of piperazine rings is 1. The summed E-state index contributed by atoms with van der Waals surface area (Å²) in [6.45, 7) is 1.94. The third kappa shape index (κ3) is 4.40. The fraction of sp³-hybridized carbons (Fsp3) is 0.346. The predicted octanol–water partition coefficient (Wildman–Crippen LogP) is 1.35. The third-order valence-electron chi connectivity index (χ3n) is 7.00. The van der Waals surface area contributed by atoms with Crippen molar-refractivity contribution < 1.29 is 23.6 Å². The summed E-state index contributed by atoms with van der Waals surface area (Å²) < 4.78 is 15.1. The Bertz CT molecular complexity index is 1290. The summed E-state index contributed by atoms with van der Waals surface area (Å²) in [4.78, 5) is 54.3. The van der Waals surface area contributed by atoms with Crippen molar-refractivity contribution in [2.75, 3.05) is 31.1 Å². The molecule has 9 nitrogen and oxygen atoms in total. The number of nitrogens with one attached hydrogen (secondary N) is 1. The van der Waals surface area contributed by atoms with E-state index in [1.54, 1.807) is 35.2 Å². The summed E-state index contributed by atoms with van der Waals surface area (Å²) in [6.07, 6.45) is 0.639. The van der Waals surface area contributed by atoms with Crippen LogP contribution in [0.25, 0.3) is 0 Å². The molecule has 2 aromatic rings. The van der Waals surface area contributed by atoms with Crippen LogP contribution in [0.15, 0.2) is 36.4 Å². The fourth-order valence-electron chi connectivity index (χ4n) is 5.00. The van der Waals surface area contributed by atoms with E-state index in [-0.39, 0.29) is 43.2 Å². The van der Waals surface area contributed by atoms with Gasteiger partial charge in [-0.1, -0.05) is 12.1 Å². The normalized spacial score (nSPS) is 19.7. The summed E-state index contributed by atoms with van der Waals surface area (Å²) >= 11 is 0. The van der Waals surface area contributed by atoms with Crippen LogP contribution in [-0.4, -0.2) is 65.6 Å². The number of amides is 4. The van der Waals surface area contributed by atoms with Gasteiger partial charge in [0.25, 0.3) is 5.91 Å². The molecule has 1 atom stereocenters. The second kappa shape index (κ2) is 9.41. The van der Waals surface area contributed by atoms with Crippen LogP contribution < -0.4 is 10.2 Å². The molecule has 1 unspecified atom stereocenters. The molecule has 1 N–H and O–H groups in total. The zero-order valence-corrected chi connectivity index (χ0v) is 19.5. The van der Waals surface area contributed by atoms with Crippen LogP contribution in [0.5, 0.6) is 0 Å². The van der Waals surface area contributed by atoms with Crippen LogP contribution in [0.1, 0.15) is 39.9 Å². The highest BCUT2D eigenvalue weighted by Crippen LogP contribution is 2.33. The summed E-state index contributed by atoms with van der Waals surface area (Å²) in [6, 6.07) is 11.1. The van der Waals surface area contributed by atoms with Gasteiger partial charge < -0.3 is 14.7 Å². The minimum Gasteiger partial charge on any atom is -0.366 e. The number of rotatable bonds is 4. The lowest BCUT2D eigenvalue weighted by Gasteiger charge is -2.36. The quantitative estimate of drug-likeness (QED) is 0.649. The number of hydrogen-bond donors (Lipinski definition) is 1. The largest absolute Gasteiger partial charge is 0.366 e. The van der Waals surface area contributed by atoms with Gasteiger partial charge in [0.15, 0.2) is 0 Å². The van der Waals surface area contributed by atoms with Crippen LogP contribution in [0.2, 0.25) is 0 Å². The highest BCUT2D eigenvalue weighted by molar-refractivity contribution is 6.05. The molecule has 0 spiro atoms. The summed E-state index contributed by atoms with van der Waals surface area (Å²) in [5, 5.41) is 11.2. The van der Waals surface area contributed by atoms with Gasteiger partial charge in [-0.2, -0.15) is 5.26 Å². The Morgan fingerprint density at radius 2 is 1.81 bits per heavy atom. The maximum Gasteiger partial charge on any atom is 0.255 e. The van der Waals surface area contributed by atoms with E-state index in [1.807, 2.05) is 4.90 Å². The maximum atomic E-state index is 15.1. The van der Waals surface area contributed by atoms with E-state index in [1.165, 1.54) is 11.0 Å². The Morgan fingerprint density at radius 3 is 2.47 bits per heavy atom. The number of fused-ring (bicyclic) bond motifs is 1. The lowest BCUT2D eigenvalue weighted by atomic mass is 10.0. The van der Waals surface area contributed by atoms with E-state index >= 15 is 4.39 Å². The Kier molecular flexibility index (Phi) is 6.14. The van der Waals surface area contributed by atoms with Crippen molar-refractivity contribution in [2.24, 2.45) is 0 Å². The maximum absolute atomic E-state index is 15.1. The second-order valence-electron chi connectivity index (χ2n) is 9.21. The molecule has 0 bridgehead atoms. The Labute approximate surface area is 207 Å². The van der Waals surface area contributed by atoms with Gasteiger partial charge in [0.1, 0.15) is 11.9 Å². The fourth-order valence-corrected chi connectivity index (χ4v) is 5.00. The highest BCUT2D eigenvalue weighted by atomic mass is 19.1. The molecule has 3 aliphatic heterocycles. The molecule has 2 saturated heterocycles. The summed E-state index contributed by atoms with van der Waals surface area (Å²) in [5.74, 6) is -1.83. The molecule has 0 aromatic heterocycles. The van der Waals surface area contributed by atoms with E-state index < -0.39 is 23.7 Å². The van der Waals surface area contributed by atoms with Gasteiger partial charge in [0.05, 0.1) is 23.7 Å². The molecule has 4 amide bonds. The minimum absolute atomic E-state index is 0.0285. The zero-order valence-electron chi connectivity index (χ0n) is 19.5. The molecular formula is C26H24FN5O4. The van der Waals surface area contributed by atoms with Crippen molar-refractivity contribution in [3.05, 3.63) is 64.5 Å². The predicted molar refractivity (Wildman–Crippen MR) is 126 cm³/mol. The Hall–Kier alpha value is -4.26. The topological polar surface area (TPSA) is 114 Å². The molecule has 2 fully saturated rings. The van der Waals surface area contributed by atoms with Crippen molar-refractivity contribution in [1.29, 1.82) is 5.26 Å². The van der Waals surface area contributed by atoms with Crippen LogP contribution in [0.4, 0.5) is 10.1 Å². The van der Waals surface area contributed by atoms with Crippen molar-refractivity contribution in [3.63, 3.8) is 0 Å². The Morgan fingerprint density at radius 1 is 1.08 bits per heavy atom. The average Bonchev–Trinajstić information content (AvgIpc) is 3.19. The summed E-state index contributed by atoms with van der Waals surface area (Å²) in [5.41, 5.74) is 2.61. The number of halogens is 1. The first-order valence-electron chi connectivity index (χ1n) is 11.8. The first-order valence-corrected chi connectivity index (χ1v) is 11.8. The van der Waals surface area contributed by atoms with Gasteiger partial charge in [-0.25, -0.2) is 4.39 Å². The standard InChI is InChI=1S/C26H24FN5O4/c27-20-13-19-18(15-32(26(19)36)21-5-6-23(33)29-25(21)35)12-22(20)30-7-9-31(10-8-30)24(34)11-16-1-3-17(14-28)4-2-16/h1-4,12-13,21H,5-11,15H2,(H,29,33,35). The zero-order chi connectivity index (χ0) is 25.4. The van der Waals surface area contributed by atoms with Gasteiger partial charge in [-0.15, -0.1) is 0 Å². The van der Waals surface area contributed by atoms with E-state index in [2.05, 4.69) is 11.4 Å². The number of nitriles is 1. The molecule has 2 aromatic carbocycles. The molecule has 10 heteroatoms. The third-order valence-corrected chi connectivity index (χ3v) is 7.00. The number of piperidine rings is 1. The molecule has 3 heterocycles. The first kappa shape index (κ1) is 23.5. The van der Waals surface area contributed by atoms with Crippen molar-refractivity contribution in [3.8, 4) is 6.07 Å². The van der Waals surface area contributed by atoms with Gasteiger partial charge >= 0.3 is 0 Å². The van der Waals surface area contributed by atoms with E-state index in [0.717, 1.165) is 5.56 Å². The molecule has 0 aliphatic carbocycles. The van der Waals surface area contributed by atoms with Crippen LogP contribution >= 0.6 is 0 Å². The number of carbonyl (C=O) groups excluding carboxylic acids is 4. The number of anilines is 1. The monoisotopic (exact) mass is 489 g/mol. The van der Waals surface area contributed by atoms with Crippen molar-refractivity contribution >= 4 is 29.3 Å². The van der Waals surface area contributed by atoms with Crippen LogP contribution in [0, 0.1) is 17.1 Å². The average molecular weight is 490 g/mol. The lowest BCUT2D eigenvalue weighted by Crippen LogP contribution is -2.52. The number of benzene rings is 2. The van der Waals surface area contributed by atoms with Crippen molar-refractivity contribution in [1.82, 2.24) is 15.1 Å². The van der Waals surface area contributed by atoms with Gasteiger partial charge in [0, 0.05) is 44.7 Å². The summed E-state index contributed by atoms with van der Waals surface area (Å²) in [7, 11) is 0. The first-order chi connectivity index (χ1) is 17.3. The van der Waals surface area contributed by atoms with Crippen LogP contribution in [0.3, 0.4) is 0 Å². The number of hydrogen-bond acceptors (Lipinski definition) is 6. The smallest absolute Gasteiger partial charge is 0.255 e. The van der Waals surface area contributed by atoms with E-state index in [9.17, 15) is 19.2 Å². The number of carbonyl (C=O) groups is 4. The van der Waals surface area contributed by atoms with E-state index in [0.29, 0.717) is 43.0 Å². The van der Waals surface area contributed by atoms with Gasteiger partial charge in [0.2, 0.25) is 17.7 Å². The molecule has 36 heavy (non-hydrogen) atoms. The highest BCUT2D eigenvalue weighted by Gasteiger charge is 2.40. The molecule has 184 valence electrons. The molecule has 0 radical (unpaired) electrons. The SMILES string of the molecule is N#Cc1ccc(CC(=O)N2CCN(c3cc4c(cc3F)C(=O)N(C3CCC(=O)NC3=O)C4)CC2)cc1. The van der Waals surface area contributed by atoms with Crippen molar-refractivity contribution in [2.45, 2.75) is 31.8 Å². The molecule has 0 saturated carbocycles. The second-order valence-corrected chi connectivity index (χ2v) is 9.21. The van der Waals surface area contributed by atoms with Gasteiger partial charge in [-0.05, 0) is 41.8 Å². The number of imide groups is 1. The van der Waals surface area contributed by atoms with E-state index in [4.69, 9.17) is 5.26 Å².